The van der Waals surface area contributed by atoms with E-state index in [1.165, 1.54) is 32.7 Å². The van der Waals surface area contributed by atoms with E-state index < -0.39 is 11.7 Å². The van der Waals surface area contributed by atoms with Crippen molar-refractivity contribution in [1.29, 1.82) is 0 Å². The molecule has 0 aromatic carbocycles. The lowest BCUT2D eigenvalue weighted by Crippen LogP contribution is -2.06. The van der Waals surface area contributed by atoms with Crippen LogP contribution in [0.4, 0.5) is 19.0 Å². The standard InChI is InChI=1S/C18H14ClF3N6O3/c1-29-14-7-15(30-2)27-17(26-14)31-13-4-3-5-23-12(13)9-25-28-16-11(19)6-10(8-24-16)18(20,21)22/h3-9H,1-2H3,(H,24,28). The third-order valence-electron chi connectivity index (χ3n) is 3.60. The minimum atomic E-state index is -4.55. The second-order valence-corrected chi connectivity index (χ2v) is 6.05. The maximum absolute atomic E-state index is 12.7. The molecule has 0 spiro atoms. The van der Waals surface area contributed by atoms with Crippen molar-refractivity contribution < 1.29 is 27.4 Å². The molecule has 3 aromatic rings. The highest BCUT2D eigenvalue weighted by Crippen LogP contribution is 2.32. The number of ether oxygens (including phenoxy) is 3. The molecule has 0 fully saturated rings. The predicted molar refractivity (Wildman–Crippen MR) is 105 cm³/mol. The third kappa shape index (κ3) is 5.69. The van der Waals surface area contributed by atoms with Gasteiger partial charge in [-0.1, -0.05) is 11.6 Å². The Labute approximate surface area is 178 Å². The highest BCUT2D eigenvalue weighted by molar-refractivity contribution is 6.32. The lowest BCUT2D eigenvalue weighted by atomic mass is 10.3. The number of rotatable bonds is 7. The van der Waals surface area contributed by atoms with Gasteiger partial charge in [-0.05, 0) is 18.2 Å². The van der Waals surface area contributed by atoms with Crippen LogP contribution in [0.3, 0.4) is 0 Å². The molecule has 9 nitrogen and oxygen atoms in total. The van der Waals surface area contributed by atoms with Crippen molar-refractivity contribution in [3.8, 4) is 23.5 Å². The zero-order valence-electron chi connectivity index (χ0n) is 16.0. The number of nitrogens with one attached hydrogen (secondary N) is 1. The quantitative estimate of drug-likeness (QED) is 0.418. The van der Waals surface area contributed by atoms with Gasteiger partial charge in [0.15, 0.2) is 11.6 Å². The van der Waals surface area contributed by atoms with Crippen LogP contribution in [0.5, 0.6) is 23.5 Å². The van der Waals surface area contributed by atoms with E-state index in [1.807, 2.05) is 0 Å². The number of alkyl halides is 3. The largest absolute Gasteiger partial charge is 0.481 e. The Balaban J connectivity index is 1.78. The monoisotopic (exact) mass is 454 g/mol. The van der Waals surface area contributed by atoms with Gasteiger partial charge in [0, 0.05) is 12.4 Å². The molecule has 0 aliphatic heterocycles. The van der Waals surface area contributed by atoms with E-state index in [4.69, 9.17) is 25.8 Å². The number of hydrogen-bond acceptors (Lipinski definition) is 9. The van der Waals surface area contributed by atoms with Crippen LogP contribution >= 0.6 is 11.6 Å². The van der Waals surface area contributed by atoms with Crippen LogP contribution in [-0.2, 0) is 6.18 Å². The van der Waals surface area contributed by atoms with Gasteiger partial charge in [-0.25, -0.2) is 4.98 Å². The van der Waals surface area contributed by atoms with Crippen LogP contribution in [0, 0.1) is 0 Å². The van der Waals surface area contributed by atoms with Crippen molar-refractivity contribution in [3.05, 3.63) is 52.9 Å². The van der Waals surface area contributed by atoms with E-state index in [1.54, 1.807) is 12.1 Å². The van der Waals surface area contributed by atoms with Gasteiger partial charge < -0.3 is 14.2 Å². The highest BCUT2D eigenvalue weighted by Gasteiger charge is 2.31. The van der Waals surface area contributed by atoms with Gasteiger partial charge in [0.1, 0.15) is 5.69 Å². The summed E-state index contributed by atoms with van der Waals surface area (Å²) in [6.45, 7) is 0. The van der Waals surface area contributed by atoms with Crippen LogP contribution in [0.15, 0.2) is 41.8 Å². The van der Waals surface area contributed by atoms with Crippen molar-refractivity contribution in [3.63, 3.8) is 0 Å². The summed E-state index contributed by atoms with van der Waals surface area (Å²) >= 11 is 5.83. The first-order valence-electron chi connectivity index (χ1n) is 8.42. The van der Waals surface area contributed by atoms with E-state index in [9.17, 15) is 13.2 Å². The van der Waals surface area contributed by atoms with Crippen LogP contribution < -0.4 is 19.6 Å². The highest BCUT2D eigenvalue weighted by atomic mass is 35.5. The normalized spacial score (nSPS) is 11.4. The molecule has 162 valence electrons. The molecule has 0 atom stereocenters. The maximum atomic E-state index is 12.7. The zero-order valence-corrected chi connectivity index (χ0v) is 16.8. The first kappa shape index (κ1) is 22.0. The van der Waals surface area contributed by atoms with Crippen molar-refractivity contribution >= 4 is 23.6 Å². The molecule has 0 saturated carbocycles. The van der Waals surface area contributed by atoms with E-state index in [-0.39, 0.29) is 40.1 Å². The SMILES string of the molecule is COc1cc(OC)nc(Oc2cccnc2C=NNc2ncc(C(F)(F)F)cc2Cl)n1. The molecule has 0 radical (unpaired) electrons. The van der Waals surface area contributed by atoms with E-state index in [0.29, 0.717) is 6.20 Å². The van der Waals surface area contributed by atoms with Gasteiger partial charge in [0.2, 0.25) is 11.8 Å². The Morgan fingerprint density at radius 3 is 2.42 bits per heavy atom. The third-order valence-corrected chi connectivity index (χ3v) is 3.89. The lowest BCUT2D eigenvalue weighted by molar-refractivity contribution is -0.137. The summed E-state index contributed by atoms with van der Waals surface area (Å²) in [7, 11) is 2.86. The molecule has 0 aliphatic carbocycles. The molecule has 3 aromatic heterocycles. The summed E-state index contributed by atoms with van der Waals surface area (Å²) in [5, 5.41) is 3.65. The molecular weight excluding hydrogens is 441 g/mol. The number of methoxy groups -OCH3 is 2. The second-order valence-electron chi connectivity index (χ2n) is 5.65. The van der Waals surface area contributed by atoms with Gasteiger partial charge in [-0.3, -0.25) is 10.4 Å². The molecule has 0 bridgehead atoms. The molecule has 3 heterocycles. The van der Waals surface area contributed by atoms with Crippen molar-refractivity contribution in [1.82, 2.24) is 19.9 Å². The molecule has 31 heavy (non-hydrogen) atoms. The maximum Gasteiger partial charge on any atom is 0.417 e. The molecule has 0 unspecified atom stereocenters. The van der Waals surface area contributed by atoms with E-state index >= 15 is 0 Å². The average molecular weight is 455 g/mol. The molecule has 0 amide bonds. The van der Waals surface area contributed by atoms with Gasteiger partial charge in [-0.2, -0.15) is 28.2 Å². The summed E-state index contributed by atoms with van der Waals surface area (Å²) in [5.41, 5.74) is 1.76. The summed E-state index contributed by atoms with van der Waals surface area (Å²) < 4.78 is 53.9. The number of halogens is 4. The minimum absolute atomic E-state index is 0.0562. The second kappa shape index (κ2) is 9.43. The number of aromatic nitrogens is 4. The number of anilines is 1. The summed E-state index contributed by atoms with van der Waals surface area (Å²) in [6, 6.07) is 5.37. The van der Waals surface area contributed by atoms with Crippen LogP contribution in [0.25, 0.3) is 0 Å². The molecule has 0 saturated heterocycles. The van der Waals surface area contributed by atoms with Gasteiger partial charge in [0.05, 0.1) is 37.1 Å². The summed E-state index contributed by atoms with van der Waals surface area (Å²) in [6.07, 6.45) is -1.15. The Morgan fingerprint density at radius 2 is 1.81 bits per heavy atom. The fraction of sp³-hybridized carbons (Fsp3) is 0.167. The topological polar surface area (TPSA) is 104 Å². The minimum Gasteiger partial charge on any atom is -0.481 e. The van der Waals surface area contributed by atoms with Crippen molar-refractivity contribution in [2.45, 2.75) is 6.18 Å². The van der Waals surface area contributed by atoms with Crippen molar-refractivity contribution in [2.75, 3.05) is 19.6 Å². The van der Waals surface area contributed by atoms with E-state index in [0.717, 1.165) is 6.07 Å². The smallest absolute Gasteiger partial charge is 0.417 e. The lowest BCUT2D eigenvalue weighted by Gasteiger charge is -2.09. The fourth-order valence-corrected chi connectivity index (χ4v) is 2.36. The summed E-state index contributed by atoms with van der Waals surface area (Å²) in [4.78, 5) is 15.9. The molecule has 0 aliphatic rings. The Hall–Kier alpha value is -3.67. The fourth-order valence-electron chi connectivity index (χ4n) is 2.15. The molecular formula is C18H14ClF3N6O3. The van der Waals surface area contributed by atoms with Gasteiger partial charge >= 0.3 is 12.2 Å². The first-order valence-corrected chi connectivity index (χ1v) is 8.79. The number of hydrazone groups is 1. The van der Waals surface area contributed by atoms with E-state index in [2.05, 4.69) is 30.5 Å². The number of nitrogens with zero attached hydrogens (tertiary/aromatic N) is 5. The molecule has 3 rings (SSSR count). The van der Waals surface area contributed by atoms with Crippen LogP contribution in [-0.4, -0.2) is 40.4 Å². The number of pyridine rings is 2. The van der Waals surface area contributed by atoms with Gasteiger partial charge in [0.25, 0.3) is 0 Å². The van der Waals surface area contributed by atoms with Crippen LogP contribution in [0.2, 0.25) is 5.02 Å². The van der Waals surface area contributed by atoms with Crippen molar-refractivity contribution in [2.24, 2.45) is 5.10 Å². The first-order chi connectivity index (χ1) is 14.8. The number of hydrogen-bond donors (Lipinski definition) is 1. The molecule has 13 heteroatoms. The Bertz CT molecular complexity index is 1080. The van der Waals surface area contributed by atoms with Gasteiger partial charge in [-0.15, -0.1) is 0 Å². The zero-order chi connectivity index (χ0) is 22.4. The summed E-state index contributed by atoms with van der Waals surface area (Å²) in [5.74, 6) is 0.635. The molecule has 1 N–H and O–H groups in total. The Morgan fingerprint density at radius 1 is 1.10 bits per heavy atom. The predicted octanol–water partition coefficient (Wildman–Crippen LogP) is 4.19. The Kier molecular flexibility index (Phi) is 6.70. The average Bonchev–Trinajstić information content (AvgIpc) is 2.75. The van der Waals surface area contributed by atoms with Crippen LogP contribution in [0.1, 0.15) is 11.3 Å².